The number of amides is 1. The highest BCUT2D eigenvalue weighted by Gasteiger charge is 2.28. The molecule has 2 aromatic heterocycles. The van der Waals surface area contributed by atoms with Gasteiger partial charge in [0.25, 0.3) is 0 Å². The predicted molar refractivity (Wildman–Crippen MR) is 108 cm³/mol. The van der Waals surface area contributed by atoms with E-state index >= 15 is 0 Å². The Morgan fingerprint density at radius 1 is 1.18 bits per heavy atom. The topological polar surface area (TPSA) is 79.6 Å². The van der Waals surface area contributed by atoms with E-state index < -0.39 is 10.0 Å². The zero-order valence-electron chi connectivity index (χ0n) is 15.7. The molecule has 1 N–H and O–H groups in total. The van der Waals surface area contributed by atoms with Crippen molar-refractivity contribution >= 4 is 27.3 Å². The summed E-state index contributed by atoms with van der Waals surface area (Å²) in [5, 5.41) is 4.79. The van der Waals surface area contributed by atoms with E-state index in [1.54, 1.807) is 36.4 Å². The second-order valence-electron chi connectivity index (χ2n) is 6.47. The first-order chi connectivity index (χ1) is 13.4. The fourth-order valence-electron chi connectivity index (χ4n) is 2.72. The summed E-state index contributed by atoms with van der Waals surface area (Å²) in [6.45, 7) is 3.43. The van der Waals surface area contributed by atoms with Crippen LogP contribution in [-0.4, -0.2) is 25.2 Å². The largest absolute Gasteiger partial charge is 0.468 e. The maximum atomic E-state index is 13.1. The minimum Gasteiger partial charge on any atom is -0.468 e. The summed E-state index contributed by atoms with van der Waals surface area (Å²) < 4.78 is 32.7. The first-order valence-corrected chi connectivity index (χ1v) is 11.1. The van der Waals surface area contributed by atoms with Crippen LogP contribution in [0.3, 0.4) is 0 Å². The molecule has 0 fully saturated rings. The van der Waals surface area contributed by atoms with Crippen molar-refractivity contribution in [2.24, 2.45) is 0 Å². The maximum Gasteiger partial charge on any atom is 0.243 e. The molecule has 0 aliphatic rings. The number of benzene rings is 1. The average molecular weight is 419 g/mol. The number of furan rings is 1. The van der Waals surface area contributed by atoms with Crippen LogP contribution in [0.4, 0.5) is 0 Å². The Labute approximate surface area is 168 Å². The number of nitrogens with zero attached hydrogens (tertiary/aromatic N) is 1. The van der Waals surface area contributed by atoms with E-state index in [-0.39, 0.29) is 29.9 Å². The van der Waals surface area contributed by atoms with E-state index in [2.05, 4.69) is 5.32 Å². The highest BCUT2D eigenvalue weighted by Crippen LogP contribution is 2.21. The lowest BCUT2D eigenvalue weighted by Crippen LogP contribution is -2.40. The number of carbonyl (C=O) groups excluding carboxylic acids is 1. The van der Waals surface area contributed by atoms with Crippen molar-refractivity contribution in [3.63, 3.8) is 0 Å². The predicted octanol–water partition coefficient (Wildman–Crippen LogP) is 3.72. The normalized spacial score (nSPS) is 12.8. The molecule has 0 bridgehead atoms. The van der Waals surface area contributed by atoms with Gasteiger partial charge >= 0.3 is 0 Å². The van der Waals surface area contributed by atoms with Crippen molar-refractivity contribution < 1.29 is 17.6 Å². The van der Waals surface area contributed by atoms with Crippen LogP contribution in [0, 0.1) is 6.92 Å². The smallest absolute Gasteiger partial charge is 0.243 e. The summed E-state index contributed by atoms with van der Waals surface area (Å²) in [6.07, 6.45) is 1.48. The molecule has 0 radical (unpaired) electrons. The van der Waals surface area contributed by atoms with Crippen molar-refractivity contribution in [3.05, 3.63) is 76.4 Å². The third-order valence-electron chi connectivity index (χ3n) is 4.24. The van der Waals surface area contributed by atoms with Gasteiger partial charge in [-0.25, -0.2) is 8.42 Å². The number of hydrogen-bond donors (Lipinski definition) is 1. The van der Waals surface area contributed by atoms with Crippen LogP contribution in [0.15, 0.2) is 69.5 Å². The SMILES string of the molecule is Cc1ccc(S(=O)(=O)N(CC(=O)NC(C)c2cccs2)Cc2ccco2)cc1. The molecule has 28 heavy (non-hydrogen) atoms. The molecule has 1 atom stereocenters. The van der Waals surface area contributed by atoms with E-state index in [9.17, 15) is 13.2 Å². The van der Waals surface area contributed by atoms with Gasteiger partial charge in [0, 0.05) is 4.88 Å². The van der Waals surface area contributed by atoms with Gasteiger partial charge in [0.15, 0.2) is 0 Å². The first kappa shape index (κ1) is 20.3. The Bertz CT molecular complexity index is 995. The molecule has 1 amide bonds. The highest BCUT2D eigenvalue weighted by atomic mass is 32.2. The minimum atomic E-state index is -3.86. The lowest BCUT2D eigenvalue weighted by molar-refractivity contribution is -0.122. The lowest BCUT2D eigenvalue weighted by atomic mass is 10.2. The van der Waals surface area contributed by atoms with Gasteiger partial charge in [-0.2, -0.15) is 4.31 Å². The fourth-order valence-corrected chi connectivity index (χ4v) is 4.81. The third-order valence-corrected chi connectivity index (χ3v) is 7.10. The van der Waals surface area contributed by atoms with Crippen LogP contribution >= 0.6 is 11.3 Å². The molecule has 2 heterocycles. The van der Waals surface area contributed by atoms with E-state index in [1.165, 1.54) is 17.6 Å². The van der Waals surface area contributed by atoms with Gasteiger partial charge in [-0.05, 0) is 49.6 Å². The molecule has 3 rings (SSSR count). The molecule has 148 valence electrons. The summed E-state index contributed by atoms with van der Waals surface area (Å²) in [7, 11) is -3.86. The molecule has 0 aliphatic carbocycles. The number of sulfonamides is 1. The quantitative estimate of drug-likeness (QED) is 0.605. The summed E-state index contributed by atoms with van der Waals surface area (Å²) in [6, 6.07) is 13.6. The zero-order valence-corrected chi connectivity index (χ0v) is 17.3. The Balaban J connectivity index is 1.80. The van der Waals surface area contributed by atoms with Crippen molar-refractivity contribution in [1.82, 2.24) is 9.62 Å². The van der Waals surface area contributed by atoms with E-state index in [0.717, 1.165) is 14.7 Å². The zero-order chi connectivity index (χ0) is 20.1. The van der Waals surface area contributed by atoms with Crippen LogP contribution in [0.25, 0.3) is 0 Å². The molecule has 0 aliphatic heterocycles. The van der Waals surface area contributed by atoms with E-state index in [1.807, 2.05) is 31.4 Å². The number of thiophene rings is 1. The summed E-state index contributed by atoms with van der Waals surface area (Å²) in [5.74, 6) is 0.0953. The number of aryl methyl sites for hydroxylation is 1. The molecular weight excluding hydrogens is 396 g/mol. The summed E-state index contributed by atoms with van der Waals surface area (Å²) in [4.78, 5) is 13.7. The van der Waals surface area contributed by atoms with Crippen LogP contribution in [-0.2, 0) is 21.4 Å². The molecule has 0 spiro atoms. The number of hydrogen-bond acceptors (Lipinski definition) is 5. The Morgan fingerprint density at radius 2 is 1.93 bits per heavy atom. The van der Waals surface area contributed by atoms with Crippen molar-refractivity contribution in [3.8, 4) is 0 Å². The molecule has 0 saturated heterocycles. The molecule has 0 saturated carbocycles. The van der Waals surface area contributed by atoms with Gasteiger partial charge in [0.1, 0.15) is 5.76 Å². The molecule has 8 heteroatoms. The Morgan fingerprint density at radius 3 is 2.54 bits per heavy atom. The van der Waals surface area contributed by atoms with Gasteiger partial charge in [0.05, 0.1) is 30.3 Å². The Hall–Kier alpha value is -2.42. The standard InChI is InChI=1S/C20H22N2O4S2/c1-15-7-9-18(10-8-15)28(24,25)22(13-17-5-3-11-26-17)14-20(23)21-16(2)19-6-4-12-27-19/h3-12,16H,13-14H2,1-2H3,(H,21,23). The van der Waals surface area contributed by atoms with Gasteiger partial charge in [-0.3, -0.25) is 4.79 Å². The van der Waals surface area contributed by atoms with Crippen LogP contribution in [0.5, 0.6) is 0 Å². The van der Waals surface area contributed by atoms with Crippen molar-refractivity contribution in [1.29, 1.82) is 0 Å². The van der Waals surface area contributed by atoms with Crippen molar-refractivity contribution in [2.45, 2.75) is 31.3 Å². The highest BCUT2D eigenvalue weighted by molar-refractivity contribution is 7.89. The number of carbonyl (C=O) groups is 1. The van der Waals surface area contributed by atoms with Crippen LogP contribution in [0.2, 0.25) is 0 Å². The van der Waals surface area contributed by atoms with Crippen LogP contribution < -0.4 is 5.32 Å². The Kier molecular flexibility index (Phi) is 6.33. The molecule has 6 nitrogen and oxygen atoms in total. The molecule has 1 unspecified atom stereocenters. The van der Waals surface area contributed by atoms with Gasteiger partial charge < -0.3 is 9.73 Å². The molecule has 1 aromatic carbocycles. The van der Waals surface area contributed by atoms with Gasteiger partial charge in [0.2, 0.25) is 15.9 Å². The molecule has 3 aromatic rings. The second kappa shape index (κ2) is 8.72. The van der Waals surface area contributed by atoms with E-state index in [4.69, 9.17) is 4.42 Å². The number of rotatable bonds is 8. The average Bonchev–Trinajstić information content (AvgIpc) is 3.35. The number of nitrogens with one attached hydrogen (secondary N) is 1. The first-order valence-electron chi connectivity index (χ1n) is 8.78. The summed E-state index contributed by atoms with van der Waals surface area (Å²) >= 11 is 1.54. The fraction of sp³-hybridized carbons (Fsp3) is 0.250. The third kappa shape index (κ3) is 4.89. The minimum absolute atomic E-state index is 0.0238. The van der Waals surface area contributed by atoms with Gasteiger partial charge in [-0.1, -0.05) is 23.8 Å². The van der Waals surface area contributed by atoms with E-state index in [0.29, 0.717) is 5.76 Å². The summed E-state index contributed by atoms with van der Waals surface area (Å²) in [5.41, 5.74) is 0.957. The molecular formula is C20H22N2O4S2. The van der Waals surface area contributed by atoms with Gasteiger partial charge in [-0.15, -0.1) is 11.3 Å². The monoisotopic (exact) mass is 418 g/mol. The second-order valence-corrected chi connectivity index (χ2v) is 9.39. The van der Waals surface area contributed by atoms with Crippen molar-refractivity contribution in [2.75, 3.05) is 6.54 Å². The maximum absolute atomic E-state index is 13.1. The lowest BCUT2D eigenvalue weighted by Gasteiger charge is -2.22. The van der Waals surface area contributed by atoms with Crippen LogP contribution in [0.1, 0.15) is 29.2 Å².